The maximum absolute atomic E-state index is 12.8. The third kappa shape index (κ3) is 3.99. The fraction of sp³-hybridized carbons (Fsp3) is 0.440. The molecule has 8 nitrogen and oxygen atoms in total. The van der Waals surface area contributed by atoms with E-state index in [4.69, 9.17) is 23.7 Å². The van der Waals surface area contributed by atoms with Crippen molar-refractivity contribution >= 4 is 11.9 Å². The van der Waals surface area contributed by atoms with Crippen LogP contribution in [0.15, 0.2) is 30.3 Å². The van der Waals surface area contributed by atoms with E-state index in [9.17, 15) is 9.59 Å². The van der Waals surface area contributed by atoms with E-state index in [1.165, 1.54) is 0 Å². The molecule has 2 aromatic rings. The molecule has 1 unspecified atom stereocenters. The Morgan fingerprint density at radius 2 is 1.94 bits per heavy atom. The smallest absolute Gasteiger partial charge is 0.315 e. The zero-order chi connectivity index (χ0) is 23.0. The third-order valence-corrected chi connectivity index (χ3v) is 6.54. The lowest BCUT2D eigenvalue weighted by molar-refractivity contribution is -0.157. The summed E-state index contributed by atoms with van der Waals surface area (Å²) in [5.74, 6) is 1.19. The van der Waals surface area contributed by atoms with E-state index in [0.717, 1.165) is 23.1 Å². The Bertz CT molecular complexity index is 1090. The molecule has 174 valence electrons. The Kier molecular flexibility index (Phi) is 5.62. The molecule has 0 bridgehead atoms. The van der Waals surface area contributed by atoms with Gasteiger partial charge < -0.3 is 29.0 Å². The molecular formula is C25H27NO7. The van der Waals surface area contributed by atoms with Crippen molar-refractivity contribution < 1.29 is 33.3 Å². The van der Waals surface area contributed by atoms with E-state index in [2.05, 4.69) is 5.32 Å². The summed E-state index contributed by atoms with van der Waals surface area (Å²) in [5, 5.41) is 2.84. The van der Waals surface area contributed by atoms with Crippen LogP contribution in [0.3, 0.4) is 0 Å². The molecule has 1 N–H and O–H groups in total. The van der Waals surface area contributed by atoms with Crippen LogP contribution in [0.5, 0.6) is 17.2 Å². The minimum atomic E-state index is -0.651. The van der Waals surface area contributed by atoms with Crippen molar-refractivity contribution in [1.82, 2.24) is 5.32 Å². The molecule has 1 atom stereocenters. The van der Waals surface area contributed by atoms with Gasteiger partial charge in [0.05, 0.1) is 27.4 Å². The molecule has 1 amide bonds. The van der Waals surface area contributed by atoms with Crippen molar-refractivity contribution in [2.45, 2.75) is 31.9 Å². The van der Waals surface area contributed by atoms with Crippen molar-refractivity contribution in [2.24, 2.45) is 5.41 Å². The lowest BCUT2D eigenvalue weighted by atomic mass is 9.99. The Morgan fingerprint density at radius 3 is 2.64 bits per heavy atom. The van der Waals surface area contributed by atoms with Crippen molar-refractivity contribution in [2.75, 3.05) is 34.0 Å². The number of hydrogen-bond acceptors (Lipinski definition) is 7. The molecular weight excluding hydrogens is 426 g/mol. The van der Waals surface area contributed by atoms with E-state index in [1.54, 1.807) is 14.2 Å². The highest BCUT2D eigenvalue weighted by molar-refractivity contribution is 5.99. The van der Waals surface area contributed by atoms with Gasteiger partial charge in [-0.25, -0.2) is 0 Å². The van der Waals surface area contributed by atoms with Crippen LogP contribution in [0.1, 0.15) is 35.2 Å². The Balaban J connectivity index is 1.43. The van der Waals surface area contributed by atoms with Crippen molar-refractivity contribution in [3.05, 3.63) is 41.5 Å². The number of benzene rings is 2. The number of carbonyl (C=O) groups is 2. The van der Waals surface area contributed by atoms with Crippen LogP contribution in [-0.2, 0) is 20.8 Å². The minimum Gasteiger partial charge on any atom is -0.493 e. The summed E-state index contributed by atoms with van der Waals surface area (Å²) >= 11 is 0. The number of carbonyl (C=O) groups excluding carboxylic acids is 2. The zero-order valence-corrected chi connectivity index (χ0v) is 18.8. The number of methoxy groups -OCH3 is 2. The van der Waals surface area contributed by atoms with Crippen molar-refractivity contribution in [3.8, 4) is 28.4 Å². The first kappa shape index (κ1) is 21.6. The SMILES string of the molecule is COc1ccc(-c2ccc3c(c2)CNC3=O)c(OCC2(C(=O)OC3CCOC3)CC2)c1OC. The van der Waals surface area contributed by atoms with Crippen molar-refractivity contribution in [1.29, 1.82) is 0 Å². The Labute approximate surface area is 192 Å². The first-order chi connectivity index (χ1) is 16.0. The summed E-state index contributed by atoms with van der Waals surface area (Å²) in [5.41, 5.74) is 2.64. The fourth-order valence-electron chi connectivity index (χ4n) is 4.32. The number of ether oxygens (including phenoxy) is 5. The number of amides is 1. The third-order valence-electron chi connectivity index (χ3n) is 6.54. The van der Waals surface area contributed by atoms with Crippen LogP contribution in [0.4, 0.5) is 0 Å². The standard InChI is InChI=1S/C25H27NO7/c1-29-20-6-5-18(15-3-4-19-16(11-15)12-26-23(19)27)21(22(20)30-2)32-14-25(8-9-25)24(28)33-17-7-10-31-13-17/h3-6,11,17H,7-10,12-14H2,1-2H3,(H,26,27). The molecule has 1 saturated carbocycles. The van der Waals surface area contributed by atoms with Crippen LogP contribution in [0.2, 0.25) is 0 Å². The number of rotatable bonds is 8. The molecule has 0 radical (unpaired) electrons. The molecule has 2 fully saturated rings. The molecule has 1 aliphatic carbocycles. The Morgan fingerprint density at radius 1 is 1.12 bits per heavy atom. The molecule has 8 heteroatoms. The zero-order valence-electron chi connectivity index (χ0n) is 18.8. The summed E-state index contributed by atoms with van der Waals surface area (Å²) in [7, 11) is 3.12. The maximum atomic E-state index is 12.8. The van der Waals surface area contributed by atoms with Crippen molar-refractivity contribution in [3.63, 3.8) is 0 Å². The fourth-order valence-corrected chi connectivity index (χ4v) is 4.32. The number of hydrogen-bond donors (Lipinski definition) is 1. The minimum absolute atomic E-state index is 0.0674. The second-order valence-corrected chi connectivity index (χ2v) is 8.69. The summed E-state index contributed by atoms with van der Waals surface area (Å²) in [4.78, 5) is 24.8. The molecule has 2 aromatic carbocycles. The van der Waals surface area contributed by atoms with Crippen LogP contribution >= 0.6 is 0 Å². The highest BCUT2D eigenvalue weighted by atomic mass is 16.6. The first-order valence-electron chi connectivity index (χ1n) is 11.1. The first-order valence-corrected chi connectivity index (χ1v) is 11.1. The quantitative estimate of drug-likeness (QED) is 0.614. The summed E-state index contributed by atoms with van der Waals surface area (Å²) in [6, 6.07) is 9.40. The maximum Gasteiger partial charge on any atom is 0.315 e. The number of esters is 1. The largest absolute Gasteiger partial charge is 0.493 e. The molecule has 0 aromatic heterocycles. The van der Waals surface area contributed by atoms with Crippen LogP contribution in [-0.4, -0.2) is 52.0 Å². The second-order valence-electron chi connectivity index (χ2n) is 8.69. The van der Waals surface area contributed by atoms with Gasteiger partial charge in [-0.05, 0) is 48.2 Å². The number of fused-ring (bicyclic) bond motifs is 1. The molecule has 0 spiro atoms. The van der Waals surface area contributed by atoms with Gasteiger partial charge in [0.25, 0.3) is 5.91 Å². The monoisotopic (exact) mass is 453 g/mol. The van der Waals surface area contributed by atoms with Gasteiger partial charge in [0.1, 0.15) is 18.1 Å². The predicted molar refractivity (Wildman–Crippen MR) is 119 cm³/mol. The predicted octanol–water partition coefficient (Wildman–Crippen LogP) is 3.11. The van der Waals surface area contributed by atoms with Gasteiger partial charge in [0.2, 0.25) is 5.75 Å². The molecule has 2 aliphatic heterocycles. The van der Waals surface area contributed by atoms with Crippen LogP contribution in [0, 0.1) is 5.41 Å². The molecule has 3 aliphatic rings. The average molecular weight is 453 g/mol. The lowest BCUT2D eigenvalue weighted by Gasteiger charge is -2.21. The van der Waals surface area contributed by atoms with E-state index in [0.29, 0.717) is 55.4 Å². The average Bonchev–Trinajstić information content (AvgIpc) is 3.29. The second kappa shape index (κ2) is 8.59. The van der Waals surface area contributed by atoms with Gasteiger partial charge in [-0.3, -0.25) is 9.59 Å². The van der Waals surface area contributed by atoms with Gasteiger partial charge in [-0.1, -0.05) is 6.07 Å². The van der Waals surface area contributed by atoms with Gasteiger partial charge in [-0.2, -0.15) is 0 Å². The van der Waals surface area contributed by atoms with Gasteiger partial charge in [0, 0.05) is 24.1 Å². The molecule has 5 rings (SSSR count). The van der Waals surface area contributed by atoms with Gasteiger partial charge in [0.15, 0.2) is 11.5 Å². The van der Waals surface area contributed by atoms with Gasteiger partial charge >= 0.3 is 5.97 Å². The molecule has 1 saturated heterocycles. The normalized spacial score (nSPS) is 20.1. The highest BCUT2D eigenvalue weighted by Crippen LogP contribution is 2.50. The molecule has 33 heavy (non-hydrogen) atoms. The van der Waals surface area contributed by atoms with Gasteiger partial charge in [-0.15, -0.1) is 0 Å². The van der Waals surface area contributed by atoms with Crippen LogP contribution < -0.4 is 19.5 Å². The topological polar surface area (TPSA) is 92.3 Å². The van der Waals surface area contributed by atoms with E-state index >= 15 is 0 Å². The van der Waals surface area contributed by atoms with Crippen LogP contribution in [0.25, 0.3) is 11.1 Å². The summed E-state index contributed by atoms with van der Waals surface area (Å²) in [6.45, 7) is 1.74. The number of nitrogens with one attached hydrogen (secondary N) is 1. The molecule has 2 heterocycles. The Hall–Kier alpha value is -3.26. The van der Waals surface area contributed by atoms with E-state index in [-0.39, 0.29) is 24.6 Å². The van der Waals surface area contributed by atoms with E-state index in [1.807, 2.05) is 30.3 Å². The van der Waals surface area contributed by atoms with E-state index < -0.39 is 5.41 Å². The highest BCUT2D eigenvalue weighted by Gasteiger charge is 2.53. The lowest BCUT2D eigenvalue weighted by Crippen LogP contribution is -2.30. The summed E-state index contributed by atoms with van der Waals surface area (Å²) in [6.07, 6.45) is 1.98. The summed E-state index contributed by atoms with van der Waals surface area (Å²) < 4.78 is 28.4.